The zero-order valence-corrected chi connectivity index (χ0v) is 15.9. The second-order valence-corrected chi connectivity index (χ2v) is 7.08. The third-order valence-corrected chi connectivity index (χ3v) is 5.10. The second kappa shape index (κ2) is 8.66. The van der Waals surface area contributed by atoms with E-state index in [1.807, 2.05) is 0 Å². The predicted molar refractivity (Wildman–Crippen MR) is 107 cm³/mol. The number of pyridine rings is 1. The van der Waals surface area contributed by atoms with E-state index in [4.69, 9.17) is 0 Å². The van der Waals surface area contributed by atoms with Crippen LogP contribution in [0.2, 0.25) is 0 Å². The maximum Gasteiger partial charge on any atom is 0.325 e. The maximum atomic E-state index is 12.6. The lowest BCUT2D eigenvalue weighted by molar-refractivity contribution is -0.468. The third kappa shape index (κ3) is 4.04. The number of aromatic nitrogens is 3. The number of hydrogen-bond donors (Lipinski definition) is 1. The average molecular weight is 398 g/mol. The van der Waals surface area contributed by atoms with Gasteiger partial charge < -0.3 is 15.3 Å². The van der Waals surface area contributed by atoms with Crippen LogP contribution in [0.25, 0.3) is 11.0 Å². The first-order valence-corrected chi connectivity index (χ1v) is 9.69. The van der Waals surface area contributed by atoms with Gasteiger partial charge in [-0.1, -0.05) is 12.1 Å². The highest BCUT2D eigenvalue weighted by atomic mass is 32.2. The number of amides is 1. The van der Waals surface area contributed by atoms with Gasteiger partial charge in [-0.05, 0) is 25.1 Å². The van der Waals surface area contributed by atoms with Crippen molar-refractivity contribution in [2.45, 2.75) is 6.92 Å². The average Bonchev–Trinajstić information content (AvgIpc) is 2.72. The van der Waals surface area contributed by atoms with E-state index in [0.717, 1.165) is 0 Å². The molecule has 2 heterocycles. The molecule has 28 heavy (non-hydrogen) atoms. The van der Waals surface area contributed by atoms with Crippen LogP contribution in [0.4, 0.5) is 0 Å². The molecule has 8 nitrogen and oxygen atoms in total. The minimum absolute atomic E-state index is 0.0343. The minimum Gasteiger partial charge on any atom is -0.805 e. The molecule has 1 aromatic carbocycles. The van der Waals surface area contributed by atoms with Gasteiger partial charge in [0.25, 0.3) is 11.4 Å². The number of fused-ring (bicyclic) bond motifs is 1. The van der Waals surface area contributed by atoms with Crippen LogP contribution in [-0.2, 0) is 0 Å². The maximum absolute atomic E-state index is 12.6. The molecule has 0 radical (unpaired) electrons. The third-order valence-electron chi connectivity index (χ3n) is 4.14. The Morgan fingerprint density at radius 1 is 1.21 bits per heavy atom. The predicted octanol–water partition coefficient (Wildman–Crippen LogP) is 1.95. The number of para-hydroxylation sites is 2. The Bertz CT molecular complexity index is 1080. The molecular formula is C19H18N4O4S. The number of thioether (sulfide) groups is 1. The molecule has 144 valence electrons. The molecule has 0 saturated heterocycles. The van der Waals surface area contributed by atoms with Crippen LogP contribution in [0.5, 0.6) is 0 Å². The van der Waals surface area contributed by atoms with E-state index in [1.165, 1.54) is 43.2 Å². The largest absolute Gasteiger partial charge is 0.805 e. The molecule has 3 rings (SSSR count). The Morgan fingerprint density at radius 2 is 1.93 bits per heavy atom. The van der Waals surface area contributed by atoms with Gasteiger partial charge in [0.05, 0.1) is 15.9 Å². The van der Waals surface area contributed by atoms with Crippen molar-refractivity contribution in [2.75, 3.05) is 18.1 Å². The van der Waals surface area contributed by atoms with Crippen molar-refractivity contribution in [3.63, 3.8) is 0 Å². The first kappa shape index (κ1) is 19.6. The zero-order chi connectivity index (χ0) is 20.1. The Hall–Kier alpha value is -3.20. The number of carbonyl (C=O) groups excluding carboxylic acids is 2. The van der Waals surface area contributed by atoms with Crippen LogP contribution in [0.3, 0.4) is 0 Å². The van der Waals surface area contributed by atoms with Crippen molar-refractivity contribution in [1.29, 1.82) is 0 Å². The van der Waals surface area contributed by atoms with E-state index in [0.29, 0.717) is 27.0 Å². The van der Waals surface area contributed by atoms with Gasteiger partial charge in [-0.3, -0.25) is 14.6 Å². The molecule has 0 aliphatic rings. The van der Waals surface area contributed by atoms with Gasteiger partial charge in [0, 0.05) is 41.2 Å². The summed E-state index contributed by atoms with van der Waals surface area (Å²) in [6.45, 7) is 1.83. The molecule has 0 aliphatic heterocycles. The molecule has 3 aromatic rings. The molecular weight excluding hydrogens is 380 g/mol. The Morgan fingerprint density at radius 3 is 2.68 bits per heavy atom. The van der Waals surface area contributed by atoms with E-state index in [-0.39, 0.29) is 34.1 Å². The summed E-state index contributed by atoms with van der Waals surface area (Å²) in [5.74, 6) is -0.115. The fourth-order valence-electron chi connectivity index (χ4n) is 2.74. The van der Waals surface area contributed by atoms with E-state index in [2.05, 4.69) is 10.3 Å². The molecule has 0 saturated carbocycles. The quantitative estimate of drug-likeness (QED) is 0.370. The Labute approximate surface area is 164 Å². The second-order valence-electron chi connectivity index (χ2n) is 5.98. The summed E-state index contributed by atoms with van der Waals surface area (Å²) >= 11 is 1.28. The number of ketones is 1. The molecule has 9 heteroatoms. The van der Waals surface area contributed by atoms with Crippen LogP contribution in [0.15, 0.2) is 48.8 Å². The fourth-order valence-corrected chi connectivity index (χ4v) is 3.46. The summed E-state index contributed by atoms with van der Waals surface area (Å²) in [6, 6.07) is 9.57. The number of Topliss-reactive ketones (excluding diaryl/α,β-unsaturated/α-hetero) is 1. The number of nitrogens with zero attached hydrogens (tertiary/aromatic N) is 3. The summed E-state index contributed by atoms with van der Waals surface area (Å²) in [6.07, 6.45) is 3.07. The Kier molecular flexibility index (Phi) is 6.05. The van der Waals surface area contributed by atoms with Crippen molar-refractivity contribution >= 4 is 34.5 Å². The van der Waals surface area contributed by atoms with E-state index in [9.17, 15) is 19.7 Å². The zero-order valence-electron chi connectivity index (χ0n) is 15.1. The smallest absolute Gasteiger partial charge is 0.325 e. The van der Waals surface area contributed by atoms with Gasteiger partial charge in [0.2, 0.25) is 5.78 Å². The van der Waals surface area contributed by atoms with Crippen molar-refractivity contribution in [1.82, 2.24) is 15.0 Å². The number of carbonyl (C=O) groups is 2. The lowest BCUT2D eigenvalue weighted by Gasteiger charge is -2.15. The Balaban J connectivity index is 1.60. The molecule has 0 unspecified atom stereocenters. The SMILES string of the molecule is Cc1c(C(=O)CSCCNC(=O)c2ccncc2)[n+](=O)c2ccccc2n1[O-]. The summed E-state index contributed by atoms with van der Waals surface area (Å²) < 4.78 is 1.13. The van der Waals surface area contributed by atoms with Crippen LogP contribution >= 0.6 is 11.8 Å². The molecule has 2 aromatic heterocycles. The number of rotatable bonds is 7. The van der Waals surface area contributed by atoms with Gasteiger partial charge in [0.15, 0.2) is 0 Å². The van der Waals surface area contributed by atoms with E-state index in [1.54, 1.807) is 24.3 Å². The van der Waals surface area contributed by atoms with Crippen molar-refractivity contribution in [3.05, 3.63) is 75.9 Å². The first-order chi connectivity index (χ1) is 13.5. The van der Waals surface area contributed by atoms with Gasteiger partial charge in [-0.15, -0.1) is 0 Å². The highest BCUT2D eigenvalue weighted by Crippen LogP contribution is 2.15. The van der Waals surface area contributed by atoms with Gasteiger partial charge in [-0.25, -0.2) is 0 Å². The summed E-state index contributed by atoms with van der Waals surface area (Å²) in [5, 5.41) is 15.1. The van der Waals surface area contributed by atoms with Crippen molar-refractivity contribution in [3.8, 4) is 0 Å². The molecule has 0 spiro atoms. The van der Waals surface area contributed by atoms with Gasteiger partial charge in [-0.2, -0.15) is 11.8 Å². The monoisotopic (exact) mass is 398 g/mol. The topological polar surface area (TPSA) is 110 Å². The highest BCUT2D eigenvalue weighted by Gasteiger charge is 2.26. The normalized spacial score (nSPS) is 10.8. The van der Waals surface area contributed by atoms with Gasteiger partial charge in [0.1, 0.15) is 5.52 Å². The molecule has 0 fully saturated rings. The minimum atomic E-state index is -0.423. The first-order valence-electron chi connectivity index (χ1n) is 8.54. The molecule has 0 aliphatic carbocycles. The van der Waals surface area contributed by atoms with Crippen molar-refractivity contribution in [2.24, 2.45) is 0 Å². The number of benzene rings is 1. The van der Waals surface area contributed by atoms with E-state index >= 15 is 0 Å². The lowest BCUT2D eigenvalue weighted by Crippen LogP contribution is -2.31. The van der Waals surface area contributed by atoms with E-state index < -0.39 is 5.78 Å². The van der Waals surface area contributed by atoms with Crippen LogP contribution in [0.1, 0.15) is 26.5 Å². The standard InChI is InChI=1S/C19H18N4O4S/c1-13-18(23(27)16-5-3-2-4-15(16)22(13)26)17(24)12-28-11-10-21-19(25)14-6-8-20-9-7-14/h2-9H,10-12H2,1H3,(H,21,25). The number of hydrogen-bond acceptors (Lipinski definition) is 6. The van der Waals surface area contributed by atoms with Gasteiger partial charge >= 0.3 is 5.69 Å². The molecule has 1 N–H and O–H groups in total. The van der Waals surface area contributed by atoms with Crippen LogP contribution in [0, 0.1) is 17.0 Å². The summed E-state index contributed by atoms with van der Waals surface area (Å²) in [4.78, 5) is 40.8. The molecule has 0 bridgehead atoms. The number of nitrogens with one attached hydrogen (secondary N) is 1. The van der Waals surface area contributed by atoms with Crippen molar-refractivity contribution < 1.29 is 14.0 Å². The molecule has 0 atom stereocenters. The highest BCUT2D eigenvalue weighted by molar-refractivity contribution is 8.00. The van der Waals surface area contributed by atoms with Crippen LogP contribution in [-0.4, -0.2) is 39.5 Å². The molecule has 1 amide bonds. The fraction of sp³-hybridized carbons (Fsp3) is 0.211. The summed E-state index contributed by atoms with van der Waals surface area (Å²) in [7, 11) is 0. The summed E-state index contributed by atoms with van der Waals surface area (Å²) in [5.41, 5.74) is 0.807. The van der Waals surface area contributed by atoms with Crippen LogP contribution < -0.4 is 9.74 Å². The lowest BCUT2D eigenvalue weighted by atomic mass is 10.2.